The van der Waals surface area contributed by atoms with Crippen LogP contribution in [0.4, 0.5) is 0 Å². The van der Waals surface area contributed by atoms with Crippen molar-refractivity contribution < 1.29 is 4.79 Å². The van der Waals surface area contributed by atoms with Crippen LogP contribution in [0, 0.1) is 5.92 Å². The summed E-state index contributed by atoms with van der Waals surface area (Å²) in [6, 6.07) is 2.01. The van der Waals surface area contributed by atoms with Crippen molar-refractivity contribution in [3.05, 3.63) is 29.7 Å². The molecule has 1 amide bonds. The molecule has 1 aliphatic heterocycles. The van der Waals surface area contributed by atoms with E-state index in [0.29, 0.717) is 23.2 Å². The summed E-state index contributed by atoms with van der Waals surface area (Å²) in [4.78, 5) is 22.9. The van der Waals surface area contributed by atoms with Crippen molar-refractivity contribution in [2.45, 2.75) is 25.2 Å². The lowest BCUT2D eigenvalue weighted by molar-refractivity contribution is 0.0775. The number of H-pyrrole nitrogens is 1. The first-order chi connectivity index (χ1) is 11.7. The molecule has 2 fully saturated rings. The Hall–Kier alpha value is -2.28. The van der Waals surface area contributed by atoms with Crippen LogP contribution in [0.3, 0.4) is 0 Å². The molecule has 24 heavy (non-hydrogen) atoms. The van der Waals surface area contributed by atoms with Gasteiger partial charge in [-0.2, -0.15) is 5.10 Å². The molecule has 4 rings (SSSR count). The molecule has 1 aliphatic carbocycles. The minimum absolute atomic E-state index is 0.0332. The van der Waals surface area contributed by atoms with Crippen LogP contribution >= 0.6 is 0 Å². The number of aromatic nitrogens is 4. The highest BCUT2D eigenvalue weighted by atomic mass is 16.2. The summed E-state index contributed by atoms with van der Waals surface area (Å²) in [6.45, 7) is 2.78. The third-order valence-corrected chi connectivity index (χ3v) is 4.78. The normalized spacial score (nSPS) is 20.3. The van der Waals surface area contributed by atoms with Gasteiger partial charge in [0.25, 0.3) is 5.91 Å². The highest BCUT2D eigenvalue weighted by molar-refractivity contribution is 5.93. The molecule has 3 heterocycles. The fourth-order valence-electron chi connectivity index (χ4n) is 3.19. The summed E-state index contributed by atoms with van der Waals surface area (Å²) in [5.74, 6) is 1.67. The van der Waals surface area contributed by atoms with Gasteiger partial charge in [0.2, 0.25) is 0 Å². The van der Waals surface area contributed by atoms with Crippen LogP contribution < -0.4 is 5.32 Å². The van der Waals surface area contributed by atoms with Crippen molar-refractivity contribution in [2.24, 2.45) is 5.92 Å². The molecule has 1 saturated heterocycles. The zero-order chi connectivity index (χ0) is 16.5. The predicted octanol–water partition coefficient (Wildman–Crippen LogP) is 1.43. The van der Waals surface area contributed by atoms with Gasteiger partial charge in [-0.3, -0.25) is 9.89 Å². The molecule has 1 saturated carbocycles. The van der Waals surface area contributed by atoms with E-state index in [2.05, 4.69) is 25.5 Å². The predicted molar refractivity (Wildman–Crippen MR) is 89.5 cm³/mol. The van der Waals surface area contributed by atoms with E-state index in [0.717, 1.165) is 37.4 Å². The molecule has 1 unspecified atom stereocenters. The molecule has 0 bridgehead atoms. The molecule has 2 aromatic heterocycles. The second-order valence-electron chi connectivity index (χ2n) is 6.82. The fraction of sp³-hybridized carbons (Fsp3) is 0.529. The van der Waals surface area contributed by atoms with Crippen LogP contribution in [0.15, 0.2) is 18.5 Å². The van der Waals surface area contributed by atoms with Crippen molar-refractivity contribution in [3.63, 3.8) is 0 Å². The molecule has 0 aromatic carbocycles. The summed E-state index contributed by atoms with van der Waals surface area (Å²) in [6.07, 6.45) is 6.76. The van der Waals surface area contributed by atoms with Gasteiger partial charge >= 0.3 is 0 Å². The molecular formula is C17H22N6O. The third-order valence-electron chi connectivity index (χ3n) is 4.78. The largest absolute Gasteiger partial charge is 0.341 e. The summed E-state index contributed by atoms with van der Waals surface area (Å²) in [5.41, 5.74) is 2.41. The number of carbonyl (C=O) groups is 1. The van der Waals surface area contributed by atoms with E-state index in [1.165, 1.54) is 12.8 Å². The van der Waals surface area contributed by atoms with Crippen LogP contribution in [0.5, 0.6) is 0 Å². The zero-order valence-electron chi connectivity index (χ0n) is 13.8. The van der Waals surface area contributed by atoms with Crippen LogP contribution in [0.1, 0.15) is 41.2 Å². The second-order valence-corrected chi connectivity index (χ2v) is 6.82. The topological polar surface area (TPSA) is 86.8 Å². The van der Waals surface area contributed by atoms with Crippen molar-refractivity contribution in [1.82, 2.24) is 30.4 Å². The van der Waals surface area contributed by atoms with Gasteiger partial charge < -0.3 is 10.2 Å². The first-order valence-corrected chi connectivity index (χ1v) is 8.54. The summed E-state index contributed by atoms with van der Waals surface area (Å²) in [7, 11) is 1.84. The lowest BCUT2D eigenvalue weighted by atomic mass is 10.1. The molecule has 2 N–H and O–H groups in total. The number of carbonyl (C=O) groups excluding carboxylic acids is 1. The van der Waals surface area contributed by atoms with E-state index in [1.807, 2.05) is 13.1 Å². The zero-order valence-corrected chi connectivity index (χ0v) is 13.8. The maximum Gasteiger partial charge on any atom is 0.256 e. The summed E-state index contributed by atoms with van der Waals surface area (Å²) >= 11 is 0. The van der Waals surface area contributed by atoms with E-state index in [4.69, 9.17) is 0 Å². The molecule has 0 spiro atoms. The Morgan fingerprint density at radius 2 is 2.08 bits per heavy atom. The van der Waals surface area contributed by atoms with E-state index >= 15 is 0 Å². The number of amides is 1. The minimum atomic E-state index is -0.0332. The molecule has 7 heteroatoms. The van der Waals surface area contributed by atoms with E-state index in [-0.39, 0.29) is 5.91 Å². The number of hydrogen-bond acceptors (Lipinski definition) is 5. The van der Waals surface area contributed by atoms with Gasteiger partial charge in [-0.25, -0.2) is 9.97 Å². The van der Waals surface area contributed by atoms with Crippen molar-refractivity contribution >= 4 is 5.91 Å². The molecule has 2 aromatic rings. The van der Waals surface area contributed by atoms with Gasteiger partial charge in [-0.15, -0.1) is 0 Å². The van der Waals surface area contributed by atoms with E-state index < -0.39 is 0 Å². The number of nitrogens with zero attached hydrogens (tertiary/aromatic N) is 4. The first kappa shape index (κ1) is 15.3. The standard InChI is InChI=1S/C17H22N6O/c1-23(10-11-4-5-18-7-11)17(24)13-8-19-16(20-9-13)15-6-14(21-22-15)12-2-3-12/h6,8-9,11-12,18H,2-5,7,10H2,1H3,(H,21,22). The average Bonchev–Trinajstić information content (AvgIpc) is 3.11. The maximum absolute atomic E-state index is 12.5. The lowest BCUT2D eigenvalue weighted by Crippen LogP contribution is -2.32. The smallest absolute Gasteiger partial charge is 0.256 e. The Morgan fingerprint density at radius 1 is 1.29 bits per heavy atom. The second kappa shape index (κ2) is 6.32. The van der Waals surface area contributed by atoms with Gasteiger partial charge in [0.15, 0.2) is 5.82 Å². The van der Waals surface area contributed by atoms with Gasteiger partial charge in [-0.1, -0.05) is 0 Å². The Kier molecular flexibility index (Phi) is 4.02. The Morgan fingerprint density at radius 3 is 2.75 bits per heavy atom. The number of hydrogen-bond donors (Lipinski definition) is 2. The molecule has 7 nitrogen and oxygen atoms in total. The van der Waals surface area contributed by atoms with Gasteiger partial charge in [-0.05, 0) is 44.3 Å². The number of nitrogens with one attached hydrogen (secondary N) is 2. The Balaban J connectivity index is 1.43. The van der Waals surface area contributed by atoms with Gasteiger partial charge in [0.05, 0.1) is 5.56 Å². The van der Waals surface area contributed by atoms with E-state index in [9.17, 15) is 4.79 Å². The number of aromatic amines is 1. The monoisotopic (exact) mass is 326 g/mol. The van der Waals surface area contributed by atoms with Crippen LogP contribution in [0.2, 0.25) is 0 Å². The van der Waals surface area contributed by atoms with Crippen LogP contribution in [0.25, 0.3) is 11.5 Å². The van der Waals surface area contributed by atoms with Gasteiger partial charge in [0, 0.05) is 37.6 Å². The van der Waals surface area contributed by atoms with Crippen molar-refractivity contribution in [3.8, 4) is 11.5 Å². The molecule has 1 atom stereocenters. The lowest BCUT2D eigenvalue weighted by Gasteiger charge is -2.20. The summed E-state index contributed by atoms with van der Waals surface area (Å²) in [5, 5.41) is 10.6. The first-order valence-electron chi connectivity index (χ1n) is 8.54. The fourth-order valence-corrected chi connectivity index (χ4v) is 3.19. The van der Waals surface area contributed by atoms with Crippen molar-refractivity contribution in [1.29, 1.82) is 0 Å². The average molecular weight is 326 g/mol. The molecule has 126 valence electrons. The van der Waals surface area contributed by atoms with Crippen LogP contribution in [-0.4, -0.2) is 57.7 Å². The Bertz CT molecular complexity index is 715. The maximum atomic E-state index is 12.5. The highest BCUT2D eigenvalue weighted by Gasteiger charge is 2.26. The van der Waals surface area contributed by atoms with Crippen LogP contribution in [-0.2, 0) is 0 Å². The third kappa shape index (κ3) is 3.17. The molecule has 2 aliphatic rings. The SMILES string of the molecule is CN(CC1CCNC1)C(=O)c1cnc(-c2cc(C3CC3)[nH]n2)nc1. The summed E-state index contributed by atoms with van der Waals surface area (Å²) < 4.78 is 0. The van der Waals surface area contributed by atoms with E-state index in [1.54, 1.807) is 17.3 Å². The molecular weight excluding hydrogens is 304 g/mol. The Labute approximate surface area is 140 Å². The van der Waals surface area contributed by atoms with Gasteiger partial charge in [0.1, 0.15) is 5.69 Å². The highest BCUT2D eigenvalue weighted by Crippen LogP contribution is 2.39. The van der Waals surface area contributed by atoms with Crippen molar-refractivity contribution in [2.75, 3.05) is 26.7 Å². The number of rotatable bonds is 5. The minimum Gasteiger partial charge on any atom is -0.341 e. The molecule has 0 radical (unpaired) electrons. The quantitative estimate of drug-likeness (QED) is 0.868.